The summed E-state index contributed by atoms with van der Waals surface area (Å²) < 4.78 is 9.70. The topological polar surface area (TPSA) is 80.2 Å². The molecule has 0 saturated heterocycles. The first kappa shape index (κ1) is 63.3. The minimum Gasteiger partial charge on any atom is -0.309 e. The molecule has 0 N–H and O–H groups in total. The predicted octanol–water partition coefficient (Wildman–Crippen LogP) is 26.5. The average molecular weight is 1400 g/mol. The molecular formula is C103H63N7. The highest BCUT2D eigenvalue weighted by Gasteiger charge is 2.32. The maximum atomic E-state index is 10.3. The molecule has 7 heteroatoms. The van der Waals surface area contributed by atoms with Gasteiger partial charge in [0.25, 0.3) is 0 Å². The van der Waals surface area contributed by atoms with Crippen LogP contribution in [0.2, 0.25) is 0 Å². The third kappa shape index (κ3) is 10.4. The Labute approximate surface area is 634 Å². The SMILES string of the molecule is N#Cc1ccc2c(c1)c1cc(C#N)ccc1n2-c1ccc(-c2c(-n3c4ccc(-c5ccccc5)cc4c4cc(-c5ccccc5)ccc43)nc(-n3c4ccc(-c5ccccc5)cc4c4cc(-c5ccccc5)ccc43)c(-n3c4ccc(-c5ccccc5)cc4c4cc(-c5ccccc5)ccc43)c2-c2ccccc2)cc1. The molecular weight excluding hydrogens is 1340 g/mol. The molecule has 0 spiro atoms. The van der Waals surface area contributed by atoms with Crippen molar-refractivity contribution in [2.75, 3.05) is 0 Å². The van der Waals surface area contributed by atoms with Crippen molar-refractivity contribution in [2.45, 2.75) is 0 Å². The molecule has 21 aromatic rings. The number of benzene rings is 16. The fourth-order valence-electron chi connectivity index (χ4n) is 17.1. The fraction of sp³-hybridized carbons (Fsp3) is 0. The van der Waals surface area contributed by atoms with Gasteiger partial charge in [0.2, 0.25) is 0 Å². The zero-order valence-electron chi connectivity index (χ0n) is 59.5. The minimum absolute atomic E-state index is 0.547. The Morgan fingerprint density at radius 1 is 0.191 bits per heavy atom. The molecule has 0 aliphatic rings. The number of nitriles is 2. The zero-order chi connectivity index (χ0) is 72.9. The summed E-state index contributed by atoms with van der Waals surface area (Å²) in [7, 11) is 0. The molecule has 5 heterocycles. The van der Waals surface area contributed by atoms with Crippen molar-refractivity contribution in [3.63, 3.8) is 0 Å². The van der Waals surface area contributed by atoms with Gasteiger partial charge < -0.3 is 9.13 Å². The summed E-state index contributed by atoms with van der Waals surface area (Å²) in [6.07, 6.45) is 0. The summed E-state index contributed by atoms with van der Waals surface area (Å²) in [5, 5.41) is 28.9. The molecule has 0 saturated carbocycles. The molecule has 0 aliphatic carbocycles. The van der Waals surface area contributed by atoms with E-state index in [0.717, 1.165) is 199 Å². The molecule has 110 heavy (non-hydrogen) atoms. The van der Waals surface area contributed by atoms with Crippen molar-refractivity contribution >= 4 is 87.2 Å². The molecule has 0 atom stereocenters. The largest absolute Gasteiger partial charge is 0.309 e. The van der Waals surface area contributed by atoms with Crippen LogP contribution >= 0.6 is 0 Å². The van der Waals surface area contributed by atoms with Gasteiger partial charge in [0, 0.05) is 59.9 Å². The lowest BCUT2D eigenvalue weighted by Gasteiger charge is -2.26. The number of aromatic nitrogens is 5. The van der Waals surface area contributed by atoms with Crippen molar-refractivity contribution in [3.8, 4) is 124 Å². The molecule has 0 radical (unpaired) electrons. The van der Waals surface area contributed by atoms with E-state index in [0.29, 0.717) is 11.1 Å². The van der Waals surface area contributed by atoms with Gasteiger partial charge in [0.15, 0.2) is 5.82 Å². The summed E-state index contributed by atoms with van der Waals surface area (Å²) in [5.74, 6) is 1.46. The van der Waals surface area contributed by atoms with Gasteiger partial charge in [-0.05, 0) is 199 Å². The van der Waals surface area contributed by atoms with Crippen LogP contribution in [0.5, 0.6) is 0 Å². The highest BCUT2D eigenvalue weighted by molar-refractivity contribution is 6.18. The lowest BCUT2D eigenvalue weighted by atomic mass is 9.92. The molecule has 0 fully saturated rings. The van der Waals surface area contributed by atoms with Gasteiger partial charge in [-0.1, -0.05) is 261 Å². The number of fused-ring (bicyclic) bond motifs is 12. The average Bonchev–Trinajstić information content (AvgIpc) is 1.50. The first-order valence-corrected chi connectivity index (χ1v) is 37.2. The molecule has 7 nitrogen and oxygen atoms in total. The summed E-state index contributed by atoms with van der Waals surface area (Å²) in [4.78, 5) is 6.68. The highest BCUT2D eigenvalue weighted by Crippen LogP contribution is 2.51. The van der Waals surface area contributed by atoms with E-state index in [1.165, 1.54) is 0 Å². The number of rotatable bonds is 12. The molecule has 510 valence electrons. The van der Waals surface area contributed by atoms with Gasteiger partial charge in [-0.25, -0.2) is 4.98 Å². The van der Waals surface area contributed by atoms with Gasteiger partial charge in [0.05, 0.1) is 73.1 Å². The van der Waals surface area contributed by atoms with Crippen molar-refractivity contribution < 1.29 is 0 Å². The number of hydrogen-bond donors (Lipinski definition) is 0. The Morgan fingerprint density at radius 2 is 0.427 bits per heavy atom. The molecule has 0 aliphatic heterocycles. The molecule has 0 bridgehead atoms. The predicted molar refractivity (Wildman–Crippen MR) is 455 cm³/mol. The van der Waals surface area contributed by atoms with Crippen LogP contribution in [0.1, 0.15) is 11.1 Å². The van der Waals surface area contributed by atoms with Crippen LogP contribution < -0.4 is 0 Å². The Kier molecular flexibility index (Phi) is 14.9. The first-order chi connectivity index (χ1) is 54.5. The van der Waals surface area contributed by atoms with E-state index in [4.69, 9.17) is 4.98 Å². The lowest BCUT2D eigenvalue weighted by molar-refractivity contribution is 0.987. The number of hydrogen-bond acceptors (Lipinski definition) is 3. The Hall–Kier alpha value is -15.2. The number of pyridine rings is 1. The second-order valence-electron chi connectivity index (χ2n) is 28.4. The van der Waals surface area contributed by atoms with Crippen molar-refractivity contribution in [1.82, 2.24) is 23.3 Å². The second kappa shape index (κ2) is 25.9. The Balaban J connectivity index is 0.961. The van der Waals surface area contributed by atoms with Crippen molar-refractivity contribution in [2.24, 2.45) is 0 Å². The monoisotopic (exact) mass is 1400 g/mol. The number of nitrogens with zero attached hydrogens (tertiary/aromatic N) is 7. The van der Waals surface area contributed by atoms with Crippen LogP contribution in [0.15, 0.2) is 382 Å². The van der Waals surface area contributed by atoms with Gasteiger partial charge in [-0.3, -0.25) is 9.13 Å². The van der Waals surface area contributed by atoms with Crippen LogP contribution in [0.3, 0.4) is 0 Å². The van der Waals surface area contributed by atoms with E-state index in [9.17, 15) is 10.5 Å². The van der Waals surface area contributed by atoms with Gasteiger partial charge in [-0.2, -0.15) is 10.5 Å². The third-order valence-electron chi connectivity index (χ3n) is 22.2. The van der Waals surface area contributed by atoms with E-state index >= 15 is 0 Å². The maximum absolute atomic E-state index is 10.3. The van der Waals surface area contributed by atoms with Crippen LogP contribution in [0.4, 0.5) is 0 Å². The van der Waals surface area contributed by atoms with Crippen LogP contribution in [-0.2, 0) is 0 Å². The van der Waals surface area contributed by atoms with E-state index in [-0.39, 0.29) is 0 Å². The van der Waals surface area contributed by atoms with Gasteiger partial charge in [-0.15, -0.1) is 0 Å². The molecule has 0 amide bonds. The van der Waals surface area contributed by atoms with E-state index < -0.39 is 0 Å². The maximum Gasteiger partial charge on any atom is 0.165 e. The van der Waals surface area contributed by atoms with Gasteiger partial charge >= 0.3 is 0 Å². The molecule has 0 unspecified atom stereocenters. The summed E-state index contributed by atoms with van der Waals surface area (Å²) in [5.41, 5.74) is 28.0. The fourth-order valence-corrected chi connectivity index (χ4v) is 17.1. The van der Waals surface area contributed by atoms with Crippen molar-refractivity contribution in [1.29, 1.82) is 10.5 Å². The summed E-state index contributed by atoms with van der Waals surface area (Å²) in [6, 6.07) is 143. The normalized spacial score (nSPS) is 11.6. The van der Waals surface area contributed by atoms with Crippen LogP contribution in [0.25, 0.3) is 199 Å². The lowest BCUT2D eigenvalue weighted by Crippen LogP contribution is -2.13. The van der Waals surface area contributed by atoms with Gasteiger partial charge in [0.1, 0.15) is 5.82 Å². The molecule has 21 rings (SSSR count). The quantitative estimate of drug-likeness (QED) is 0.122. The molecule has 16 aromatic carbocycles. The second-order valence-corrected chi connectivity index (χ2v) is 28.4. The Morgan fingerprint density at radius 3 is 0.727 bits per heavy atom. The van der Waals surface area contributed by atoms with E-state index in [2.05, 4.69) is 376 Å². The standard InChI is InChI=1S/C103H63N7/c104-64-66-36-48-91-83(56-66)84-57-67(65-105)37-49-92(84)107(91)82-46-38-75(39-47-82)100-99(74-34-20-7-21-35-74)101(108-93-50-40-76(68-22-8-1-9-23-68)58-85(93)86-59-77(41-51-94(86)108)69-24-10-2-11-25-69)103(110-97-54-44-80(72-30-16-5-17-31-72)62-89(97)90-63-81(45-55-98(90)110)73-32-18-6-19-33-73)106-102(100)109-95-52-42-78(70-26-12-3-13-27-70)60-87(95)88-61-79(43-53-96(88)109)71-28-14-4-15-29-71/h1-63H. The van der Waals surface area contributed by atoms with Crippen LogP contribution in [0, 0.1) is 22.7 Å². The first-order valence-electron chi connectivity index (χ1n) is 37.2. The Bertz CT molecular complexity index is 6990. The zero-order valence-corrected chi connectivity index (χ0v) is 59.5. The minimum atomic E-state index is 0.547. The third-order valence-corrected chi connectivity index (χ3v) is 22.2. The highest BCUT2D eigenvalue weighted by atomic mass is 15.2. The molecule has 5 aromatic heterocycles. The van der Waals surface area contributed by atoms with E-state index in [1.54, 1.807) is 0 Å². The summed E-state index contributed by atoms with van der Waals surface area (Å²) in [6.45, 7) is 0. The van der Waals surface area contributed by atoms with Crippen LogP contribution in [-0.4, -0.2) is 23.3 Å². The van der Waals surface area contributed by atoms with E-state index in [1.807, 2.05) is 36.4 Å². The summed E-state index contributed by atoms with van der Waals surface area (Å²) >= 11 is 0. The van der Waals surface area contributed by atoms with Crippen molar-refractivity contribution in [3.05, 3.63) is 393 Å². The smallest absolute Gasteiger partial charge is 0.165 e.